The van der Waals surface area contributed by atoms with Crippen molar-refractivity contribution in [2.24, 2.45) is 5.92 Å². The number of carbonyl (C=O) groups is 1. The van der Waals surface area contributed by atoms with E-state index in [2.05, 4.69) is 48.7 Å². The van der Waals surface area contributed by atoms with E-state index in [1.54, 1.807) is 0 Å². The summed E-state index contributed by atoms with van der Waals surface area (Å²) in [5.74, 6) is 0.426. The number of hydrogen-bond acceptors (Lipinski definition) is 2. The van der Waals surface area contributed by atoms with Crippen LogP contribution in [0.2, 0.25) is 0 Å². The zero-order chi connectivity index (χ0) is 16.9. The van der Waals surface area contributed by atoms with Gasteiger partial charge >= 0.3 is 0 Å². The Kier molecular flexibility index (Phi) is 5.31. The highest BCUT2D eigenvalue weighted by Crippen LogP contribution is 2.25. The predicted molar refractivity (Wildman–Crippen MR) is 99.1 cm³/mol. The van der Waals surface area contributed by atoms with Gasteiger partial charge in [0.25, 0.3) is 0 Å². The molecule has 0 spiro atoms. The van der Waals surface area contributed by atoms with Gasteiger partial charge < -0.3 is 10.6 Å². The molecule has 0 bridgehead atoms. The van der Waals surface area contributed by atoms with E-state index < -0.39 is 0 Å². The topological polar surface area (TPSA) is 41.1 Å². The van der Waals surface area contributed by atoms with Crippen LogP contribution in [0.1, 0.15) is 43.0 Å². The van der Waals surface area contributed by atoms with E-state index in [0.29, 0.717) is 12.5 Å². The van der Waals surface area contributed by atoms with Gasteiger partial charge in [-0.15, -0.1) is 0 Å². The second-order valence-corrected chi connectivity index (χ2v) is 6.90. The van der Waals surface area contributed by atoms with Crippen LogP contribution in [0.3, 0.4) is 0 Å². The van der Waals surface area contributed by atoms with Gasteiger partial charge in [-0.3, -0.25) is 4.79 Å². The van der Waals surface area contributed by atoms with E-state index in [1.807, 2.05) is 24.3 Å². The molecule has 0 aromatic heterocycles. The fourth-order valence-electron chi connectivity index (χ4n) is 3.46. The summed E-state index contributed by atoms with van der Waals surface area (Å²) < 4.78 is 0. The molecule has 0 saturated heterocycles. The molecule has 0 aliphatic heterocycles. The van der Waals surface area contributed by atoms with Gasteiger partial charge in [0.2, 0.25) is 5.91 Å². The fraction of sp³-hybridized carbons (Fsp3) is 0.381. The second-order valence-electron chi connectivity index (χ2n) is 6.90. The first-order chi connectivity index (χ1) is 11.6. The summed E-state index contributed by atoms with van der Waals surface area (Å²) in [6.45, 7) is 4.65. The van der Waals surface area contributed by atoms with Gasteiger partial charge in [0.1, 0.15) is 0 Å². The average molecular weight is 322 g/mol. The van der Waals surface area contributed by atoms with Crippen molar-refractivity contribution in [2.75, 3.05) is 11.9 Å². The monoisotopic (exact) mass is 322 g/mol. The number of aryl methyl sites for hydroxylation is 2. The first-order valence-corrected chi connectivity index (χ1v) is 8.83. The molecule has 2 N–H and O–H groups in total. The lowest BCUT2D eigenvalue weighted by Gasteiger charge is -2.22. The Bertz CT molecular complexity index is 694. The molecule has 24 heavy (non-hydrogen) atoms. The summed E-state index contributed by atoms with van der Waals surface area (Å²) in [5.41, 5.74) is 4.93. The molecule has 126 valence electrons. The summed E-state index contributed by atoms with van der Waals surface area (Å²) in [7, 11) is 0. The van der Waals surface area contributed by atoms with Crippen molar-refractivity contribution < 1.29 is 4.79 Å². The van der Waals surface area contributed by atoms with Gasteiger partial charge in [-0.1, -0.05) is 50.2 Å². The smallest absolute Gasteiger partial charge is 0.238 e. The summed E-state index contributed by atoms with van der Waals surface area (Å²) in [5, 5.41) is 6.41. The molecule has 0 unspecified atom stereocenters. The summed E-state index contributed by atoms with van der Waals surface area (Å²) in [6, 6.07) is 16.8. The van der Waals surface area contributed by atoms with Crippen LogP contribution in [-0.4, -0.2) is 12.5 Å². The third-order valence-corrected chi connectivity index (χ3v) is 4.69. The number of anilines is 1. The van der Waals surface area contributed by atoms with E-state index >= 15 is 0 Å². The van der Waals surface area contributed by atoms with Crippen molar-refractivity contribution in [1.82, 2.24) is 5.32 Å². The summed E-state index contributed by atoms with van der Waals surface area (Å²) >= 11 is 0. The maximum atomic E-state index is 12.3. The average Bonchev–Trinajstić information content (AvgIpc) is 3.03. The molecule has 1 atom stereocenters. The standard InChI is InChI=1S/C21H26N2O/c1-15(2)21(17-7-4-3-5-8-17)22-14-20(24)23-19-12-11-16-9-6-10-18(16)13-19/h3-5,7-8,11-13,15,21-22H,6,9-10,14H2,1-2H3,(H,23,24)/t21-/m0/s1. The largest absolute Gasteiger partial charge is 0.325 e. The Hall–Kier alpha value is -2.13. The van der Waals surface area contributed by atoms with Gasteiger partial charge in [-0.25, -0.2) is 0 Å². The van der Waals surface area contributed by atoms with Crippen molar-refractivity contribution in [1.29, 1.82) is 0 Å². The molecule has 3 heteroatoms. The highest BCUT2D eigenvalue weighted by atomic mass is 16.1. The zero-order valence-electron chi connectivity index (χ0n) is 14.5. The van der Waals surface area contributed by atoms with Crippen LogP contribution in [0.5, 0.6) is 0 Å². The molecule has 2 aromatic carbocycles. The molecule has 0 heterocycles. The Morgan fingerprint density at radius 1 is 1.04 bits per heavy atom. The lowest BCUT2D eigenvalue weighted by molar-refractivity contribution is -0.115. The van der Waals surface area contributed by atoms with Crippen LogP contribution in [0.15, 0.2) is 48.5 Å². The van der Waals surface area contributed by atoms with Crippen LogP contribution >= 0.6 is 0 Å². The molecular weight excluding hydrogens is 296 g/mol. The van der Waals surface area contributed by atoms with Crippen LogP contribution in [0.4, 0.5) is 5.69 Å². The fourth-order valence-corrected chi connectivity index (χ4v) is 3.46. The van der Waals surface area contributed by atoms with Crippen molar-refractivity contribution in [3.05, 3.63) is 65.2 Å². The normalized spacial score (nSPS) is 14.5. The van der Waals surface area contributed by atoms with Crippen molar-refractivity contribution >= 4 is 11.6 Å². The molecule has 0 fully saturated rings. The molecule has 0 radical (unpaired) electrons. The first-order valence-electron chi connectivity index (χ1n) is 8.83. The number of hydrogen-bond donors (Lipinski definition) is 2. The minimum Gasteiger partial charge on any atom is -0.325 e. The molecule has 3 nitrogen and oxygen atoms in total. The maximum Gasteiger partial charge on any atom is 0.238 e. The minimum atomic E-state index is 0.00882. The number of benzene rings is 2. The predicted octanol–water partition coefficient (Wildman–Crippen LogP) is 4.10. The third-order valence-electron chi connectivity index (χ3n) is 4.69. The number of nitrogens with one attached hydrogen (secondary N) is 2. The van der Waals surface area contributed by atoms with Crippen LogP contribution in [0.25, 0.3) is 0 Å². The minimum absolute atomic E-state index is 0.00882. The van der Waals surface area contributed by atoms with Crippen LogP contribution < -0.4 is 10.6 Å². The first kappa shape index (κ1) is 16.7. The van der Waals surface area contributed by atoms with Gasteiger partial charge in [-0.05, 0) is 54.0 Å². The number of amides is 1. The molecule has 1 aliphatic rings. The second kappa shape index (κ2) is 7.63. The Morgan fingerprint density at radius 3 is 2.54 bits per heavy atom. The summed E-state index contributed by atoms with van der Waals surface area (Å²) in [4.78, 5) is 12.3. The summed E-state index contributed by atoms with van der Waals surface area (Å²) in [6.07, 6.45) is 3.51. The third kappa shape index (κ3) is 4.04. The van der Waals surface area contributed by atoms with E-state index in [1.165, 1.54) is 23.1 Å². The number of carbonyl (C=O) groups excluding carboxylic acids is 1. The lowest BCUT2D eigenvalue weighted by atomic mass is 9.96. The van der Waals surface area contributed by atoms with Gasteiger partial charge in [0.05, 0.1) is 6.54 Å². The lowest BCUT2D eigenvalue weighted by Crippen LogP contribution is -2.33. The SMILES string of the molecule is CC(C)[C@H](NCC(=O)Nc1ccc2c(c1)CCC2)c1ccccc1. The molecule has 3 rings (SSSR count). The van der Waals surface area contributed by atoms with Crippen molar-refractivity contribution in [3.63, 3.8) is 0 Å². The van der Waals surface area contributed by atoms with Crippen LogP contribution in [-0.2, 0) is 17.6 Å². The highest BCUT2D eigenvalue weighted by Gasteiger charge is 2.17. The van der Waals surface area contributed by atoms with Gasteiger partial charge in [-0.2, -0.15) is 0 Å². The molecule has 1 amide bonds. The Balaban J connectivity index is 1.58. The quantitative estimate of drug-likeness (QED) is 0.840. The Morgan fingerprint density at radius 2 is 1.79 bits per heavy atom. The van der Waals surface area contributed by atoms with E-state index in [9.17, 15) is 4.79 Å². The van der Waals surface area contributed by atoms with E-state index in [4.69, 9.17) is 0 Å². The highest BCUT2D eigenvalue weighted by molar-refractivity contribution is 5.92. The maximum absolute atomic E-state index is 12.3. The van der Waals surface area contributed by atoms with Crippen LogP contribution in [0, 0.1) is 5.92 Å². The Labute approximate surface area is 144 Å². The number of fused-ring (bicyclic) bond motifs is 1. The van der Waals surface area contributed by atoms with Gasteiger partial charge in [0.15, 0.2) is 0 Å². The van der Waals surface area contributed by atoms with Crippen molar-refractivity contribution in [2.45, 2.75) is 39.2 Å². The molecule has 0 saturated carbocycles. The molecule has 1 aliphatic carbocycles. The molecule has 2 aromatic rings. The number of rotatable bonds is 6. The van der Waals surface area contributed by atoms with E-state index in [-0.39, 0.29) is 11.9 Å². The van der Waals surface area contributed by atoms with Crippen molar-refractivity contribution in [3.8, 4) is 0 Å². The zero-order valence-corrected chi connectivity index (χ0v) is 14.5. The van der Waals surface area contributed by atoms with Gasteiger partial charge in [0, 0.05) is 11.7 Å². The molecular formula is C21H26N2O. The van der Waals surface area contributed by atoms with E-state index in [0.717, 1.165) is 18.5 Å².